The van der Waals surface area contributed by atoms with Crippen LogP contribution in [0.25, 0.3) is 0 Å². The van der Waals surface area contributed by atoms with E-state index in [2.05, 4.69) is 35.9 Å². The topological polar surface area (TPSA) is 208 Å². The van der Waals surface area contributed by atoms with E-state index in [9.17, 15) is 24.3 Å². The summed E-state index contributed by atoms with van der Waals surface area (Å²) in [5.41, 5.74) is 8.08. The SMILES string of the molecule is CC(C)CC(NC(=O)C(Cc1ccccc1)NC(=O)C(N)Cc1cnc[nH]1)C(=O)NC(Cc1cnc[nH]1)C(=O)O. The Morgan fingerprint density at radius 1 is 0.800 bits per heavy atom. The van der Waals surface area contributed by atoms with E-state index in [1.807, 2.05) is 44.2 Å². The van der Waals surface area contributed by atoms with Gasteiger partial charge >= 0.3 is 5.97 Å². The summed E-state index contributed by atoms with van der Waals surface area (Å²) in [4.78, 5) is 65.0. The van der Waals surface area contributed by atoms with Gasteiger partial charge in [0.25, 0.3) is 0 Å². The van der Waals surface area contributed by atoms with E-state index in [1.165, 1.54) is 18.9 Å². The summed E-state index contributed by atoms with van der Waals surface area (Å²) in [6.45, 7) is 3.76. The maximum absolute atomic E-state index is 13.5. The molecule has 40 heavy (non-hydrogen) atoms. The largest absolute Gasteiger partial charge is 0.480 e. The standard InChI is InChI=1S/C27H36N8O5/c1-16(2)8-21(25(37)35-23(27(39)40)11-19-13-30-15-32-19)34-26(38)22(9-17-6-4-3-5-7-17)33-24(36)20(28)10-18-12-29-14-31-18/h3-7,12-16,20-23H,8-11,28H2,1-2H3,(H,29,31)(H,30,32)(H,33,36)(H,34,38)(H,35,37)(H,39,40). The minimum Gasteiger partial charge on any atom is -0.480 e. The van der Waals surface area contributed by atoms with Gasteiger partial charge in [0.05, 0.1) is 18.7 Å². The van der Waals surface area contributed by atoms with Gasteiger partial charge in [-0.25, -0.2) is 14.8 Å². The van der Waals surface area contributed by atoms with Gasteiger partial charge in [0, 0.05) is 43.0 Å². The van der Waals surface area contributed by atoms with Crippen LogP contribution in [0.1, 0.15) is 37.2 Å². The number of hydrogen-bond donors (Lipinski definition) is 7. The van der Waals surface area contributed by atoms with E-state index in [-0.39, 0.29) is 31.6 Å². The Labute approximate surface area is 231 Å². The third-order valence-electron chi connectivity index (χ3n) is 6.18. The van der Waals surface area contributed by atoms with Crippen molar-refractivity contribution in [2.24, 2.45) is 11.7 Å². The Morgan fingerprint density at radius 2 is 1.35 bits per heavy atom. The molecule has 2 heterocycles. The van der Waals surface area contributed by atoms with E-state index >= 15 is 0 Å². The third-order valence-corrected chi connectivity index (χ3v) is 6.18. The van der Waals surface area contributed by atoms with Gasteiger partial charge in [-0.3, -0.25) is 14.4 Å². The lowest BCUT2D eigenvalue weighted by Gasteiger charge is -2.26. The summed E-state index contributed by atoms with van der Waals surface area (Å²) < 4.78 is 0. The highest BCUT2D eigenvalue weighted by Gasteiger charge is 2.31. The molecule has 0 aliphatic rings. The molecule has 1 aromatic carbocycles. The number of aromatic amines is 2. The number of imidazole rings is 2. The molecule has 2 aromatic heterocycles. The van der Waals surface area contributed by atoms with Gasteiger partial charge in [-0.1, -0.05) is 44.2 Å². The van der Waals surface area contributed by atoms with Crippen LogP contribution in [0.15, 0.2) is 55.4 Å². The Bertz CT molecular complexity index is 1230. The fraction of sp³-hybridized carbons (Fsp3) is 0.407. The number of nitrogens with zero attached hydrogens (tertiary/aromatic N) is 2. The van der Waals surface area contributed by atoms with Gasteiger partial charge in [-0.05, 0) is 17.9 Å². The van der Waals surface area contributed by atoms with Crippen molar-refractivity contribution in [1.82, 2.24) is 35.9 Å². The predicted octanol–water partition coefficient (Wildman–Crippen LogP) is 0.0731. The fourth-order valence-electron chi connectivity index (χ4n) is 4.13. The molecule has 0 aliphatic carbocycles. The molecule has 0 spiro atoms. The third kappa shape index (κ3) is 9.34. The maximum atomic E-state index is 13.5. The van der Waals surface area contributed by atoms with Crippen LogP contribution in [0.4, 0.5) is 0 Å². The summed E-state index contributed by atoms with van der Waals surface area (Å²) in [5.74, 6) is -3.00. The van der Waals surface area contributed by atoms with Gasteiger partial charge in [0.15, 0.2) is 0 Å². The van der Waals surface area contributed by atoms with Crippen LogP contribution in [0.2, 0.25) is 0 Å². The minimum atomic E-state index is -1.24. The fourth-order valence-corrected chi connectivity index (χ4v) is 4.13. The number of carboxylic acids is 1. The molecule has 214 valence electrons. The molecule has 0 bridgehead atoms. The lowest BCUT2D eigenvalue weighted by Crippen LogP contribution is -2.58. The lowest BCUT2D eigenvalue weighted by atomic mass is 10.00. The quantitative estimate of drug-likeness (QED) is 0.137. The number of rotatable bonds is 15. The molecule has 0 aliphatic heterocycles. The van der Waals surface area contributed by atoms with Crippen LogP contribution in [0.3, 0.4) is 0 Å². The Hall–Kier alpha value is -4.52. The van der Waals surface area contributed by atoms with Crippen molar-refractivity contribution in [3.63, 3.8) is 0 Å². The number of benzene rings is 1. The van der Waals surface area contributed by atoms with Crippen molar-refractivity contribution >= 4 is 23.7 Å². The van der Waals surface area contributed by atoms with E-state index in [1.54, 1.807) is 6.20 Å². The molecule has 3 amide bonds. The molecule has 13 heteroatoms. The predicted molar refractivity (Wildman–Crippen MR) is 146 cm³/mol. The number of amides is 3. The number of carbonyl (C=O) groups excluding carboxylic acids is 3. The van der Waals surface area contributed by atoms with Crippen molar-refractivity contribution in [3.05, 3.63) is 72.3 Å². The normalized spacial score (nSPS) is 14.1. The molecular weight excluding hydrogens is 516 g/mol. The molecule has 4 unspecified atom stereocenters. The van der Waals surface area contributed by atoms with Gasteiger partial charge in [-0.15, -0.1) is 0 Å². The average Bonchev–Trinajstić information content (AvgIpc) is 3.62. The monoisotopic (exact) mass is 552 g/mol. The van der Waals surface area contributed by atoms with Gasteiger partial charge in [0.2, 0.25) is 17.7 Å². The van der Waals surface area contributed by atoms with Gasteiger partial charge < -0.3 is 36.8 Å². The zero-order valence-corrected chi connectivity index (χ0v) is 22.5. The zero-order chi connectivity index (χ0) is 29.1. The maximum Gasteiger partial charge on any atom is 0.326 e. The molecule has 0 saturated carbocycles. The van der Waals surface area contributed by atoms with Gasteiger partial charge in [0.1, 0.15) is 18.1 Å². The summed E-state index contributed by atoms with van der Waals surface area (Å²) in [7, 11) is 0. The number of hydrogen-bond acceptors (Lipinski definition) is 7. The second-order valence-electron chi connectivity index (χ2n) is 10.0. The summed E-state index contributed by atoms with van der Waals surface area (Å²) in [6, 6.07) is 4.86. The number of nitrogens with two attached hydrogens (primary N) is 1. The highest BCUT2D eigenvalue weighted by Crippen LogP contribution is 2.10. The highest BCUT2D eigenvalue weighted by atomic mass is 16.4. The van der Waals surface area contributed by atoms with Crippen LogP contribution in [-0.4, -0.2) is 72.9 Å². The lowest BCUT2D eigenvalue weighted by molar-refractivity contribution is -0.142. The van der Waals surface area contributed by atoms with Crippen molar-refractivity contribution in [2.75, 3.05) is 0 Å². The van der Waals surface area contributed by atoms with Crippen LogP contribution in [0, 0.1) is 5.92 Å². The molecule has 3 rings (SSSR count). The first-order valence-electron chi connectivity index (χ1n) is 13.0. The number of aromatic nitrogens is 4. The molecule has 8 N–H and O–H groups in total. The molecule has 3 aromatic rings. The van der Waals surface area contributed by atoms with E-state index in [0.29, 0.717) is 11.4 Å². The first-order chi connectivity index (χ1) is 19.1. The molecule has 0 saturated heterocycles. The molecule has 0 fully saturated rings. The Morgan fingerprint density at radius 3 is 1.90 bits per heavy atom. The van der Waals surface area contributed by atoms with Crippen molar-refractivity contribution < 1.29 is 24.3 Å². The first-order valence-corrected chi connectivity index (χ1v) is 13.0. The summed E-state index contributed by atoms with van der Waals surface area (Å²) in [6.07, 6.45) is 6.52. The number of H-pyrrole nitrogens is 2. The van der Waals surface area contributed by atoms with E-state index < -0.39 is 47.9 Å². The Balaban J connectivity index is 1.74. The number of carbonyl (C=O) groups is 4. The minimum absolute atomic E-state index is 0.00285. The average molecular weight is 553 g/mol. The highest BCUT2D eigenvalue weighted by molar-refractivity contribution is 5.94. The number of aliphatic carboxylic acids is 1. The smallest absolute Gasteiger partial charge is 0.326 e. The van der Waals surface area contributed by atoms with Crippen LogP contribution in [0.5, 0.6) is 0 Å². The summed E-state index contributed by atoms with van der Waals surface area (Å²) in [5, 5.41) is 17.6. The first kappa shape index (κ1) is 30.0. The van der Waals surface area contributed by atoms with Crippen molar-refractivity contribution in [1.29, 1.82) is 0 Å². The number of carboxylic acid groups (broad SMARTS) is 1. The van der Waals surface area contributed by atoms with Crippen LogP contribution in [-0.2, 0) is 38.4 Å². The molecule has 0 radical (unpaired) electrons. The zero-order valence-electron chi connectivity index (χ0n) is 22.5. The summed E-state index contributed by atoms with van der Waals surface area (Å²) >= 11 is 0. The molecular formula is C27H36N8O5. The molecule has 13 nitrogen and oxygen atoms in total. The molecule has 4 atom stereocenters. The van der Waals surface area contributed by atoms with Gasteiger partial charge in [-0.2, -0.15) is 0 Å². The second-order valence-corrected chi connectivity index (χ2v) is 10.0. The van der Waals surface area contributed by atoms with E-state index in [0.717, 1.165) is 5.56 Å². The Kier molecular flexibility index (Phi) is 10.9. The van der Waals surface area contributed by atoms with E-state index in [4.69, 9.17) is 5.73 Å². The number of nitrogens with one attached hydrogen (secondary N) is 5. The second kappa shape index (κ2) is 14.6. The van der Waals surface area contributed by atoms with Crippen LogP contribution >= 0.6 is 0 Å². The van der Waals surface area contributed by atoms with Crippen LogP contribution < -0.4 is 21.7 Å². The van der Waals surface area contributed by atoms with Crippen molar-refractivity contribution in [2.45, 2.75) is 63.7 Å². The van der Waals surface area contributed by atoms with Crippen molar-refractivity contribution in [3.8, 4) is 0 Å².